The number of Topliss-reactive ketones (excluding diaryl/α,β-unsaturated/α-hetero) is 1. The molecule has 102 valence electrons. The van der Waals surface area contributed by atoms with E-state index in [-0.39, 0.29) is 29.5 Å². The predicted octanol–water partition coefficient (Wildman–Crippen LogP) is 1.86. The molecule has 0 spiro atoms. The Hall–Kier alpha value is -1.59. The van der Waals surface area contributed by atoms with Crippen molar-refractivity contribution >= 4 is 40.9 Å². The molecule has 0 aromatic heterocycles. The highest BCUT2D eigenvalue weighted by molar-refractivity contribution is 6.36. The molecule has 0 aliphatic heterocycles. The van der Waals surface area contributed by atoms with E-state index in [0.717, 1.165) is 0 Å². The van der Waals surface area contributed by atoms with E-state index in [2.05, 4.69) is 10.1 Å². The molecule has 19 heavy (non-hydrogen) atoms. The molecule has 1 aromatic rings. The van der Waals surface area contributed by atoms with Crippen LogP contribution < -0.4 is 5.32 Å². The Bertz CT molecular complexity index is 516. The standard InChI is InChI=1S/C12H11Cl2NO4/c1-7(16)6-19-11(17)5-15-12(18)9-3-2-8(13)4-10(9)14/h2-4H,5-6H2,1H3,(H,15,18). The average molecular weight is 304 g/mol. The molecule has 0 aliphatic rings. The molecular formula is C12H11Cl2NO4. The molecule has 1 amide bonds. The molecule has 1 rings (SSSR count). The Kier molecular flexibility index (Phi) is 5.79. The number of halogens is 2. The zero-order valence-corrected chi connectivity index (χ0v) is 11.5. The average Bonchev–Trinajstić information content (AvgIpc) is 2.33. The lowest BCUT2D eigenvalue weighted by molar-refractivity contribution is -0.146. The molecular weight excluding hydrogens is 293 g/mol. The third-order valence-corrected chi connectivity index (χ3v) is 2.55. The van der Waals surface area contributed by atoms with E-state index in [1.54, 1.807) is 0 Å². The van der Waals surface area contributed by atoms with Gasteiger partial charge in [0.25, 0.3) is 5.91 Å². The van der Waals surface area contributed by atoms with Crippen molar-refractivity contribution in [3.63, 3.8) is 0 Å². The maximum Gasteiger partial charge on any atom is 0.325 e. The molecule has 0 fully saturated rings. The van der Waals surface area contributed by atoms with Crippen molar-refractivity contribution in [2.45, 2.75) is 6.92 Å². The van der Waals surface area contributed by atoms with Crippen molar-refractivity contribution in [1.29, 1.82) is 0 Å². The van der Waals surface area contributed by atoms with Gasteiger partial charge in [0.05, 0.1) is 10.6 Å². The van der Waals surface area contributed by atoms with Crippen LogP contribution in [0.1, 0.15) is 17.3 Å². The van der Waals surface area contributed by atoms with Gasteiger partial charge in [-0.05, 0) is 25.1 Å². The second kappa shape index (κ2) is 7.11. The monoisotopic (exact) mass is 303 g/mol. The van der Waals surface area contributed by atoms with Crippen LogP contribution in [-0.4, -0.2) is 30.8 Å². The summed E-state index contributed by atoms with van der Waals surface area (Å²) in [7, 11) is 0. The number of ether oxygens (including phenoxy) is 1. The molecule has 0 heterocycles. The van der Waals surface area contributed by atoms with Crippen LogP contribution in [-0.2, 0) is 14.3 Å². The number of hydrogen-bond acceptors (Lipinski definition) is 4. The Morgan fingerprint density at radius 1 is 1.26 bits per heavy atom. The van der Waals surface area contributed by atoms with Crippen molar-refractivity contribution in [3.05, 3.63) is 33.8 Å². The quantitative estimate of drug-likeness (QED) is 0.843. The Balaban J connectivity index is 2.51. The van der Waals surface area contributed by atoms with Gasteiger partial charge in [-0.15, -0.1) is 0 Å². The van der Waals surface area contributed by atoms with Gasteiger partial charge in [0.2, 0.25) is 0 Å². The number of ketones is 1. The lowest BCUT2D eigenvalue weighted by Crippen LogP contribution is -2.31. The van der Waals surface area contributed by atoms with Crippen LogP contribution >= 0.6 is 23.2 Å². The fourth-order valence-electron chi connectivity index (χ4n) is 1.15. The molecule has 0 bridgehead atoms. The molecule has 0 radical (unpaired) electrons. The molecule has 0 saturated carbocycles. The number of amides is 1. The summed E-state index contributed by atoms with van der Waals surface area (Å²) in [6, 6.07) is 4.38. The van der Waals surface area contributed by atoms with Crippen LogP contribution in [0.3, 0.4) is 0 Å². The van der Waals surface area contributed by atoms with Crippen molar-refractivity contribution in [1.82, 2.24) is 5.32 Å². The van der Waals surface area contributed by atoms with E-state index >= 15 is 0 Å². The number of carbonyl (C=O) groups is 3. The van der Waals surface area contributed by atoms with Gasteiger partial charge in [-0.2, -0.15) is 0 Å². The second-order valence-electron chi connectivity index (χ2n) is 3.67. The number of hydrogen-bond donors (Lipinski definition) is 1. The van der Waals surface area contributed by atoms with Crippen LogP contribution in [0.4, 0.5) is 0 Å². The Morgan fingerprint density at radius 3 is 2.53 bits per heavy atom. The maximum absolute atomic E-state index is 11.7. The lowest BCUT2D eigenvalue weighted by Gasteiger charge is -2.06. The van der Waals surface area contributed by atoms with E-state index in [0.29, 0.717) is 5.02 Å². The first-order valence-electron chi connectivity index (χ1n) is 5.28. The second-order valence-corrected chi connectivity index (χ2v) is 4.51. The van der Waals surface area contributed by atoms with E-state index in [1.807, 2.05) is 0 Å². The molecule has 1 N–H and O–H groups in total. The number of benzene rings is 1. The maximum atomic E-state index is 11.7. The molecule has 0 saturated heterocycles. The molecule has 0 unspecified atom stereocenters. The third kappa shape index (κ3) is 5.28. The Labute approximate surface area is 119 Å². The van der Waals surface area contributed by atoms with E-state index in [1.165, 1.54) is 25.1 Å². The normalized spacial score (nSPS) is 9.84. The van der Waals surface area contributed by atoms with Crippen LogP contribution in [0.15, 0.2) is 18.2 Å². The smallest absolute Gasteiger partial charge is 0.325 e. The number of esters is 1. The minimum Gasteiger partial charge on any atom is -0.456 e. The first kappa shape index (κ1) is 15.5. The summed E-state index contributed by atoms with van der Waals surface area (Å²) in [5, 5.41) is 2.92. The highest BCUT2D eigenvalue weighted by Crippen LogP contribution is 2.20. The molecule has 5 nitrogen and oxygen atoms in total. The van der Waals surface area contributed by atoms with Gasteiger partial charge < -0.3 is 10.1 Å². The summed E-state index contributed by atoms with van der Waals surface area (Å²) in [6.07, 6.45) is 0. The minimum absolute atomic E-state index is 0.183. The van der Waals surface area contributed by atoms with E-state index in [9.17, 15) is 14.4 Å². The summed E-state index contributed by atoms with van der Waals surface area (Å²) >= 11 is 11.5. The first-order valence-corrected chi connectivity index (χ1v) is 6.04. The number of carbonyl (C=O) groups excluding carboxylic acids is 3. The molecule has 0 aliphatic carbocycles. The molecule has 0 atom stereocenters. The van der Waals surface area contributed by atoms with Gasteiger partial charge >= 0.3 is 5.97 Å². The van der Waals surface area contributed by atoms with Gasteiger partial charge in [-0.1, -0.05) is 23.2 Å². The fraction of sp³-hybridized carbons (Fsp3) is 0.250. The van der Waals surface area contributed by atoms with E-state index < -0.39 is 11.9 Å². The lowest BCUT2D eigenvalue weighted by atomic mass is 10.2. The van der Waals surface area contributed by atoms with Crippen molar-refractivity contribution in [2.75, 3.05) is 13.2 Å². The summed E-state index contributed by atoms with van der Waals surface area (Å²) in [5.74, 6) is -1.50. The summed E-state index contributed by atoms with van der Waals surface area (Å²) in [6.45, 7) is 0.640. The zero-order chi connectivity index (χ0) is 14.4. The van der Waals surface area contributed by atoms with Crippen LogP contribution in [0.25, 0.3) is 0 Å². The number of rotatable bonds is 5. The fourth-order valence-corrected chi connectivity index (χ4v) is 1.65. The molecule has 7 heteroatoms. The van der Waals surface area contributed by atoms with Crippen LogP contribution in [0.5, 0.6) is 0 Å². The highest BCUT2D eigenvalue weighted by Gasteiger charge is 2.12. The summed E-state index contributed by atoms with van der Waals surface area (Å²) in [4.78, 5) is 33.5. The minimum atomic E-state index is -0.700. The largest absolute Gasteiger partial charge is 0.456 e. The van der Waals surface area contributed by atoms with Crippen molar-refractivity contribution in [3.8, 4) is 0 Å². The first-order chi connectivity index (χ1) is 8.90. The third-order valence-electron chi connectivity index (χ3n) is 2.01. The van der Waals surface area contributed by atoms with Gasteiger partial charge in [0.15, 0.2) is 5.78 Å². The SMILES string of the molecule is CC(=O)COC(=O)CNC(=O)c1ccc(Cl)cc1Cl. The number of nitrogens with one attached hydrogen (secondary N) is 1. The van der Waals surface area contributed by atoms with Gasteiger partial charge in [0.1, 0.15) is 13.2 Å². The molecule has 1 aromatic carbocycles. The summed E-state index contributed by atoms with van der Waals surface area (Å²) in [5.41, 5.74) is 0.199. The van der Waals surface area contributed by atoms with Gasteiger partial charge in [-0.3, -0.25) is 14.4 Å². The van der Waals surface area contributed by atoms with Gasteiger partial charge in [0, 0.05) is 5.02 Å². The van der Waals surface area contributed by atoms with Crippen molar-refractivity contribution < 1.29 is 19.1 Å². The zero-order valence-electron chi connectivity index (χ0n) is 10.0. The van der Waals surface area contributed by atoms with Crippen LogP contribution in [0, 0.1) is 0 Å². The van der Waals surface area contributed by atoms with E-state index in [4.69, 9.17) is 23.2 Å². The van der Waals surface area contributed by atoms with Gasteiger partial charge in [-0.25, -0.2) is 0 Å². The summed E-state index contributed by atoms with van der Waals surface area (Å²) < 4.78 is 4.58. The Morgan fingerprint density at radius 2 is 1.95 bits per heavy atom. The topological polar surface area (TPSA) is 72.5 Å². The highest BCUT2D eigenvalue weighted by atomic mass is 35.5. The van der Waals surface area contributed by atoms with Crippen LogP contribution in [0.2, 0.25) is 10.0 Å². The predicted molar refractivity (Wildman–Crippen MR) is 70.4 cm³/mol. The van der Waals surface area contributed by atoms with Crippen molar-refractivity contribution in [2.24, 2.45) is 0 Å².